The monoisotopic (exact) mass is 287 g/mol. The second-order valence-electron chi connectivity index (χ2n) is 5.89. The highest BCUT2D eigenvalue weighted by molar-refractivity contribution is 5.77. The number of amides is 1. The van der Waals surface area contributed by atoms with Crippen LogP contribution in [0.15, 0.2) is 18.2 Å². The molecule has 2 heterocycles. The highest BCUT2D eigenvalue weighted by Gasteiger charge is 2.21. The first kappa shape index (κ1) is 14.1. The molecule has 1 fully saturated rings. The summed E-state index contributed by atoms with van der Waals surface area (Å²) in [5.74, 6) is 1.36. The van der Waals surface area contributed by atoms with Crippen LogP contribution in [0, 0.1) is 12.8 Å². The van der Waals surface area contributed by atoms with Crippen LogP contribution in [0.5, 0.6) is 0 Å². The molecule has 1 aliphatic rings. The number of hydrogen-bond acceptors (Lipinski definition) is 3. The van der Waals surface area contributed by atoms with Crippen LogP contribution in [0.25, 0.3) is 11.0 Å². The fourth-order valence-electron chi connectivity index (χ4n) is 2.71. The van der Waals surface area contributed by atoms with Gasteiger partial charge in [-0.05, 0) is 37.0 Å². The first-order valence-electron chi connectivity index (χ1n) is 7.39. The summed E-state index contributed by atoms with van der Waals surface area (Å²) in [6, 6.07) is 6.12. The van der Waals surface area contributed by atoms with E-state index in [-0.39, 0.29) is 5.91 Å². The van der Waals surface area contributed by atoms with E-state index in [1.54, 1.807) is 4.90 Å². The largest absolute Gasteiger partial charge is 0.381 e. The van der Waals surface area contributed by atoms with E-state index in [4.69, 9.17) is 4.74 Å². The number of aromatic amines is 1. The van der Waals surface area contributed by atoms with Crippen molar-refractivity contribution in [3.8, 4) is 0 Å². The summed E-state index contributed by atoms with van der Waals surface area (Å²) >= 11 is 0. The predicted molar refractivity (Wildman–Crippen MR) is 80.8 cm³/mol. The third-order valence-electron chi connectivity index (χ3n) is 3.99. The lowest BCUT2D eigenvalue weighted by Crippen LogP contribution is -2.28. The number of nitrogens with zero attached hydrogens (tertiary/aromatic N) is 2. The van der Waals surface area contributed by atoms with Gasteiger partial charge in [0.15, 0.2) is 0 Å². The van der Waals surface area contributed by atoms with Crippen molar-refractivity contribution in [3.05, 3.63) is 29.6 Å². The molecule has 1 saturated heterocycles. The van der Waals surface area contributed by atoms with Crippen LogP contribution in [0.2, 0.25) is 0 Å². The molecule has 0 spiro atoms. The molecule has 0 radical (unpaired) electrons. The normalized spacial score (nSPS) is 18.3. The van der Waals surface area contributed by atoms with E-state index in [9.17, 15) is 4.79 Å². The first-order chi connectivity index (χ1) is 10.1. The molecule has 0 saturated carbocycles. The molecular weight excluding hydrogens is 266 g/mol. The summed E-state index contributed by atoms with van der Waals surface area (Å²) in [6.45, 7) is 4.06. The maximum absolute atomic E-state index is 12.2. The van der Waals surface area contributed by atoms with Crippen molar-refractivity contribution >= 4 is 16.9 Å². The van der Waals surface area contributed by atoms with Crippen molar-refractivity contribution < 1.29 is 9.53 Å². The van der Waals surface area contributed by atoms with Gasteiger partial charge in [-0.1, -0.05) is 6.07 Å². The number of aromatic nitrogens is 2. The third kappa shape index (κ3) is 3.24. The maximum Gasteiger partial charge on any atom is 0.223 e. The molecule has 3 rings (SSSR count). The molecule has 1 N–H and O–H groups in total. The zero-order valence-electron chi connectivity index (χ0n) is 12.6. The van der Waals surface area contributed by atoms with Crippen LogP contribution >= 0.6 is 0 Å². The summed E-state index contributed by atoms with van der Waals surface area (Å²) in [7, 11) is 1.83. The Kier molecular flexibility index (Phi) is 3.92. The number of carbonyl (C=O) groups is 1. The Hall–Kier alpha value is -1.88. The van der Waals surface area contributed by atoms with Crippen LogP contribution < -0.4 is 0 Å². The molecular formula is C16H21N3O2. The average molecular weight is 287 g/mol. The number of rotatable bonds is 4. The van der Waals surface area contributed by atoms with E-state index in [0.29, 0.717) is 25.5 Å². The molecule has 112 valence electrons. The molecule has 5 heteroatoms. The number of imidazole rings is 1. The minimum atomic E-state index is 0.155. The third-order valence-corrected chi connectivity index (χ3v) is 3.99. The summed E-state index contributed by atoms with van der Waals surface area (Å²) in [5, 5.41) is 0. The van der Waals surface area contributed by atoms with Crippen molar-refractivity contribution in [1.82, 2.24) is 14.9 Å². The molecule has 0 bridgehead atoms. The van der Waals surface area contributed by atoms with Crippen LogP contribution in [0.3, 0.4) is 0 Å². The molecule has 2 aromatic rings. The number of ether oxygens (including phenoxy) is 1. The lowest BCUT2D eigenvalue weighted by atomic mass is 10.0. The van der Waals surface area contributed by atoms with Gasteiger partial charge < -0.3 is 14.6 Å². The van der Waals surface area contributed by atoms with Gasteiger partial charge in [0.05, 0.1) is 17.6 Å². The predicted octanol–water partition coefficient (Wildman–Crippen LogP) is 2.26. The molecule has 1 aliphatic heterocycles. The van der Waals surface area contributed by atoms with Crippen molar-refractivity contribution in [1.29, 1.82) is 0 Å². The molecule has 1 aromatic heterocycles. The quantitative estimate of drug-likeness (QED) is 0.938. The SMILES string of the molecule is Cc1ccc2nc(CN(C)C(=O)C[C@H]3CCOC3)[nH]c2c1. The topological polar surface area (TPSA) is 58.2 Å². The van der Waals surface area contributed by atoms with Crippen LogP contribution in [-0.2, 0) is 16.1 Å². The van der Waals surface area contributed by atoms with Gasteiger partial charge in [-0.25, -0.2) is 4.98 Å². The Morgan fingerprint density at radius 3 is 3.14 bits per heavy atom. The number of aryl methyl sites for hydroxylation is 1. The molecule has 1 aromatic carbocycles. The minimum Gasteiger partial charge on any atom is -0.381 e. The van der Waals surface area contributed by atoms with Gasteiger partial charge in [0, 0.05) is 26.7 Å². The van der Waals surface area contributed by atoms with Crippen molar-refractivity contribution in [2.45, 2.75) is 26.3 Å². The second-order valence-corrected chi connectivity index (χ2v) is 5.89. The zero-order valence-corrected chi connectivity index (χ0v) is 12.6. The molecule has 5 nitrogen and oxygen atoms in total. The Morgan fingerprint density at radius 1 is 1.52 bits per heavy atom. The van der Waals surface area contributed by atoms with E-state index < -0.39 is 0 Å². The molecule has 0 aliphatic carbocycles. The Balaban J connectivity index is 1.64. The first-order valence-corrected chi connectivity index (χ1v) is 7.39. The average Bonchev–Trinajstić information content (AvgIpc) is 3.07. The highest BCUT2D eigenvalue weighted by atomic mass is 16.5. The van der Waals surface area contributed by atoms with E-state index in [1.807, 2.05) is 19.2 Å². The van der Waals surface area contributed by atoms with Gasteiger partial charge in [0.25, 0.3) is 0 Å². The maximum atomic E-state index is 12.2. The molecule has 1 amide bonds. The van der Waals surface area contributed by atoms with Crippen LogP contribution in [-0.4, -0.2) is 41.0 Å². The van der Waals surface area contributed by atoms with Gasteiger partial charge in [-0.2, -0.15) is 0 Å². The van der Waals surface area contributed by atoms with E-state index in [0.717, 1.165) is 29.9 Å². The number of fused-ring (bicyclic) bond motifs is 1. The van der Waals surface area contributed by atoms with E-state index in [2.05, 4.69) is 23.0 Å². The Labute approximate surface area is 124 Å². The summed E-state index contributed by atoms with van der Waals surface area (Å²) < 4.78 is 5.32. The smallest absolute Gasteiger partial charge is 0.223 e. The molecule has 21 heavy (non-hydrogen) atoms. The number of hydrogen-bond donors (Lipinski definition) is 1. The number of carbonyl (C=O) groups excluding carboxylic acids is 1. The Bertz CT molecular complexity index is 644. The lowest BCUT2D eigenvalue weighted by Gasteiger charge is -2.17. The summed E-state index contributed by atoms with van der Waals surface area (Å²) in [5.41, 5.74) is 3.17. The van der Waals surface area contributed by atoms with E-state index in [1.165, 1.54) is 5.56 Å². The van der Waals surface area contributed by atoms with Gasteiger partial charge in [0.1, 0.15) is 5.82 Å². The standard InChI is InChI=1S/C16H21N3O2/c1-11-3-4-13-14(7-11)18-15(17-13)9-19(2)16(20)8-12-5-6-21-10-12/h3-4,7,12H,5-6,8-10H2,1-2H3,(H,17,18)/t12-/m1/s1. The minimum absolute atomic E-state index is 0.155. The highest BCUT2D eigenvalue weighted by Crippen LogP contribution is 2.18. The van der Waals surface area contributed by atoms with Crippen LogP contribution in [0.4, 0.5) is 0 Å². The summed E-state index contributed by atoms with van der Waals surface area (Å²) in [4.78, 5) is 21.8. The van der Waals surface area contributed by atoms with Gasteiger partial charge in [0.2, 0.25) is 5.91 Å². The molecule has 0 unspecified atom stereocenters. The number of H-pyrrole nitrogens is 1. The second kappa shape index (κ2) is 5.85. The molecule has 1 atom stereocenters. The van der Waals surface area contributed by atoms with Crippen molar-refractivity contribution in [2.75, 3.05) is 20.3 Å². The van der Waals surface area contributed by atoms with Gasteiger partial charge in [-0.3, -0.25) is 4.79 Å². The lowest BCUT2D eigenvalue weighted by molar-refractivity contribution is -0.131. The summed E-state index contributed by atoms with van der Waals surface area (Å²) in [6.07, 6.45) is 1.55. The fourth-order valence-corrected chi connectivity index (χ4v) is 2.71. The number of nitrogens with one attached hydrogen (secondary N) is 1. The fraction of sp³-hybridized carbons (Fsp3) is 0.500. The van der Waals surface area contributed by atoms with Gasteiger partial charge in [-0.15, -0.1) is 0 Å². The Morgan fingerprint density at radius 2 is 2.38 bits per heavy atom. The van der Waals surface area contributed by atoms with Crippen molar-refractivity contribution in [2.24, 2.45) is 5.92 Å². The van der Waals surface area contributed by atoms with Crippen LogP contribution in [0.1, 0.15) is 24.2 Å². The number of benzene rings is 1. The van der Waals surface area contributed by atoms with Crippen molar-refractivity contribution in [3.63, 3.8) is 0 Å². The van der Waals surface area contributed by atoms with Gasteiger partial charge >= 0.3 is 0 Å². The zero-order chi connectivity index (χ0) is 14.8. The van der Waals surface area contributed by atoms with E-state index >= 15 is 0 Å².